The molecule has 8 rings (SSSR count). The van der Waals surface area contributed by atoms with Gasteiger partial charge in [-0.05, 0) is 80.4 Å². The minimum Gasteiger partial charge on any atom is -0.456 e. The Labute approximate surface area is 225 Å². The lowest BCUT2D eigenvalue weighted by Crippen LogP contribution is -1.97. The van der Waals surface area contributed by atoms with E-state index in [4.69, 9.17) is 4.74 Å². The number of ether oxygens (including phenoxy) is 1. The maximum absolute atomic E-state index is 6.25. The maximum atomic E-state index is 6.25. The van der Waals surface area contributed by atoms with Crippen LogP contribution in [-0.4, -0.2) is 0 Å². The Kier molecular flexibility index (Phi) is 4.76. The molecule has 0 unspecified atom stereocenters. The van der Waals surface area contributed by atoms with Crippen LogP contribution in [0.5, 0.6) is 11.5 Å². The van der Waals surface area contributed by atoms with Crippen molar-refractivity contribution in [2.24, 2.45) is 0 Å². The molecule has 38 heavy (non-hydrogen) atoms. The third kappa shape index (κ3) is 3.31. The summed E-state index contributed by atoms with van der Waals surface area (Å²) < 4.78 is 6.25. The quantitative estimate of drug-likeness (QED) is 0.233. The first-order valence-corrected chi connectivity index (χ1v) is 13.7. The van der Waals surface area contributed by atoms with Gasteiger partial charge in [0.2, 0.25) is 0 Å². The molecule has 7 aromatic rings. The van der Waals surface area contributed by atoms with Gasteiger partial charge in [-0.3, -0.25) is 0 Å². The monoisotopic (exact) mass is 502 g/mol. The van der Waals surface area contributed by atoms with E-state index >= 15 is 0 Å². The Hall–Kier alpha value is -4.66. The molecule has 0 bridgehead atoms. The summed E-state index contributed by atoms with van der Waals surface area (Å²) in [5.74, 6) is 1.85. The second-order valence-corrected chi connectivity index (χ2v) is 10.8. The van der Waals surface area contributed by atoms with Crippen LogP contribution in [-0.2, 0) is 0 Å². The lowest BCUT2D eigenvalue weighted by molar-refractivity contribution is 0.487. The second-order valence-electron chi connectivity index (χ2n) is 9.71. The molecule has 0 amide bonds. The lowest BCUT2D eigenvalue weighted by atomic mass is 9.92. The molecule has 0 spiro atoms. The molecule has 1 nitrogen and oxygen atoms in total. The van der Waals surface area contributed by atoms with Crippen molar-refractivity contribution in [2.45, 2.75) is 0 Å². The Morgan fingerprint density at radius 1 is 0.421 bits per heavy atom. The van der Waals surface area contributed by atoms with Crippen LogP contribution in [0.4, 0.5) is 0 Å². The fourth-order valence-electron chi connectivity index (χ4n) is 5.76. The highest BCUT2D eigenvalue weighted by atomic mass is 32.1. The first-order chi connectivity index (χ1) is 18.8. The molecule has 2 heteroatoms. The van der Waals surface area contributed by atoms with Crippen LogP contribution in [0.1, 0.15) is 0 Å². The Morgan fingerprint density at radius 2 is 1.08 bits per heavy atom. The van der Waals surface area contributed by atoms with Crippen molar-refractivity contribution in [1.82, 2.24) is 0 Å². The minimum atomic E-state index is 0.917. The van der Waals surface area contributed by atoms with Gasteiger partial charge < -0.3 is 4.74 Å². The molecule has 0 saturated heterocycles. The normalized spacial score (nSPS) is 11.9. The summed E-state index contributed by atoms with van der Waals surface area (Å²) in [6.07, 6.45) is 0. The molecule has 0 saturated carbocycles. The summed E-state index contributed by atoms with van der Waals surface area (Å²) in [5, 5.41) is 4.94. The van der Waals surface area contributed by atoms with Crippen LogP contribution in [0.3, 0.4) is 0 Å². The molecular weight excluding hydrogens is 480 g/mol. The van der Waals surface area contributed by atoms with Gasteiger partial charge in [-0.25, -0.2) is 0 Å². The largest absolute Gasteiger partial charge is 0.456 e. The first-order valence-electron chi connectivity index (χ1n) is 12.9. The predicted molar refractivity (Wildman–Crippen MR) is 161 cm³/mol. The number of para-hydroxylation sites is 1. The molecule has 0 fully saturated rings. The number of fused-ring (bicyclic) bond motifs is 3. The minimum absolute atomic E-state index is 0.917. The van der Waals surface area contributed by atoms with Gasteiger partial charge in [-0.1, -0.05) is 97.1 Å². The van der Waals surface area contributed by atoms with E-state index in [0.717, 1.165) is 17.1 Å². The molecule has 1 aromatic heterocycles. The van der Waals surface area contributed by atoms with Gasteiger partial charge in [-0.15, -0.1) is 11.3 Å². The van der Waals surface area contributed by atoms with Crippen molar-refractivity contribution in [2.75, 3.05) is 0 Å². The van der Waals surface area contributed by atoms with Gasteiger partial charge in [0.25, 0.3) is 0 Å². The molecule has 178 valence electrons. The molecule has 0 atom stereocenters. The third-order valence-corrected chi connectivity index (χ3v) is 8.67. The summed E-state index contributed by atoms with van der Waals surface area (Å²) in [4.78, 5) is 2.54. The van der Waals surface area contributed by atoms with Gasteiger partial charge in [0.1, 0.15) is 11.5 Å². The lowest BCUT2D eigenvalue weighted by Gasteiger charge is -2.21. The standard InChI is InChI=1S/C36H22OS/c1-2-12-26-23(9-1)10-7-16-27(26)28-13-3-4-15-30(28)35-20-19-34(38-35)25-21-24-11-8-18-33-36(24)31(22-25)29-14-5-6-17-32(29)37-33/h1-22H. The average molecular weight is 503 g/mol. The first kappa shape index (κ1) is 21.4. The molecule has 0 radical (unpaired) electrons. The molecule has 0 N–H and O–H groups in total. The Balaban J connectivity index is 1.28. The van der Waals surface area contributed by atoms with Crippen molar-refractivity contribution in [1.29, 1.82) is 0 Å². The molecule has 1 aliphatic rings. The van der Waals surface area contributed by atoms with E-state index in [1.807, 2.05) is 17.4 Å². The summed E-state index contributed by atoms with van der Waals surface area (Å²) in [6.45, 7) is 0. The van der Waals surface area contributed by atoms with Crippen LogP contribution in [0, 0.1) is 0 Å². The molecule has 0 aliphatic carbocycles. The summed E-state index contributed by atoms with van der Waals surface area (Å²) >= 11 is 1.85. The number of rotatable bonds is 3. The second kappa shape index (κ2) is 8.44. The highest BCUT2D eigenvalue weighted by molar-refractivity contribution is 7.18. The highest BCUT2D eigenvalue weighted by Crippen LogP contribution is 2.49. The summed E-state index contributed by atoms with van der Waals surface area (Å²) in [5.41, 5.74) is 7.43. The van der Waals surface area contributed by atoms with Crippen molar-refractivity contribution in [3.8, 4) is 54.6 Å². The third-order valence-electron chi connectivity index (χ3n) is 7.50. The van der Waals surface area contributed by atoms with Crippen molar-refractivity contribution in [3.05, 3.63) is 133 Å². The highest BCUT2D eigenvalue weighted by Gasteiger charge is 2.21. The smallest absolute Gasteiger partial charge is 0.135 e. The molecule has 2 heterocycles. The zero-order chi connectivity index (χ0) is 25.1. The summed E-state index contributed by atoms with van der Waals surface area (Å²) in [7, 11) is 0. The van der Waals surface area contributed by atoms with E-state index in [-0.39, 0.29) is 0 Å². The van der Waals surface area contributed by atoms with Crippen molar-refractivity contribution in [3.63, 3.8) is 0 Å². The molecular formula is C36H22OS. The average Bonchev–Trinajstić information content (AvgIpc) is 3.47. The van der Waals surface area contributed by atoms with Gasteiger partial charge in [-0.2, -0.15) is 0 Å². The van der Waals surface area contributed by atoms with E-state index < -0.39 is 0 Å². The topological polar surface area (TPSA) is 9.23 Å². The number of hydrogen-bond acceptors (Lipinski definition) is 2. The fourth-order valence-corrected chi connectivity index (χ4v) is 6.79. The Morgan fingerprint density at radius 3 is 2.03 bits per heavy atom. The van der Waals surface area contributed by atoms with Gasteiger partial charge in [0.15, 0.2) is 0 Å². The number of hydrogen-bond donors (Lipinski definition) is 0. The van der Waals surface area contributed by atoms with Crippen LogP contribution < -0.4 is 4.74 Å². The van der Waals surface area contributed by atoms with Crippen molar-refractivity contribution < 1.29 is 4.74 Å². The molecule has 1 aliphatic heterocycles. The predicted octanol–water partition coefficient (Wildman–Crippen LogP) is 10.8. The van der Waals surface area contributed by atoms with Crippen LogP contribution in [0.25, 0.3) is 64.7 Å². The molecule has 6 aromatic carbocycles. The van der Waals surface area contributed by atoms with E-state index in [2.05, 4.69) is 127 Å². The summed E-state index contributed by atoms with van der Waals surface area (Å²) in [6, 6.07) is 47.8. The fraction of sp³-hybridized carbons (Fsp3) is 0. The van der Waals surface area contributed by atoms with Gasteiger partial charge >= 0.3 is 0 Å². The van der Waals surface area contributed by atoms with Crippen molar-refractivity contribution >= 4 is 32.9 Å². The Bertz CT molecular complexity index is 2010. The van der Waals surface area contributed by atoms with E-state index in [1.165, 1.54) is 59.1 Å². The maximum Gasteiger partial charge on any atom is 0.135 e. The van der Waals surface area contributed by atoms with E-state index in [9.17, 15) is 0 Å². The van der Waals surface area contributed by atoms with Crippen LogP contribution in [0.2, 0.25) is 0 Å². The van der Waals surface area contributed by atoms with Crippen LogP contribution in [0.15, 0.2) is 133 Å². The SMILES string of the molecule is c1ccc2c(c1)Oc1cccc3cc(-c4ccc(-c5ccccc5-c5cccc6ccccc56)s4)cc-2c13. The van der Waals surface area contributed by atoms with Crippen LogP contribution >= 0.6 is 11.3 Å². The van der Waals surface area contributed by atoms with Gasteiger partial charge in [0.05, 0.1) is 0 Å². The zero-order valence-electron chi connectivity index (χ0n) is 20.5. The zero-order valence-corrected chi connectivity index (χ0v) is 21.3. The van der Waals surface area contributed by atoms with E-state index in [1.54, 1.807) is 0 Å². The number of benzene rings is 6. The van der Waals surface area contributed by atoms with E-state index in [0.29, 0.717) is 0 Å². The number of thiophene rings is 1. The van der Waals surface area contributed by atoms with Gasteiger partial charge in [0, 0.05) is 20.7 Å².